The lowest BCUT2D eigenvalue weighted by Crippen LogP contribution is -2.32. The highest BCUT2D eigenvalue weighted by atomic mass is 16.2. The van der Waals surface area contributed by atoms with Gasteiger partial charge in [-0.2, -0.15) is 0 Å². The molecule has 0 saturated heterocycles. The Bertz CT molecular complexity index is 896. The molecule has 0 bridgehead atoms. The minimum atomic E-state index is -0.302. The Morgan fingerprint density at radius 1 is 0.955 bits per heavy atom. The third-order valence-electron chi connectivity index (χ3n) is 3.56. The number of carbonyl (C=O) groups is 1. The number of aromatic nitrogens is 1. The molecule has 0 unspecified atom stereocenters. The van der Waals surface area contributed by atoms with Crippen molar-refractivity contribution < 1.29 is 4.79 Å². The van der Waals surface area contributed by atoms with Gasteiger partial charge in [0.15, 0.2) is 0 Å². The van der Waals surface area contributed by atoms with E-state index in [9.17, 15) is 9.59 Å². The third kappa shape index (κ3) is 2.29. The molecule has 22 heavy (non-hydrogen) atoms. The average Bonchev–Trinajstić information content (AvgIpc) is 2.54. The van der Waals surface area contributed by atoms with Crippen molar-refractivity contribution in [3.05, 3.63) is 76.6 Å². The van der Waals surface area contributed by atoms with Gasteiger partial charge in [-0.25, -0.2) is 0 Å². The number of amides is 1. The lowest BCUT2D eigenvalue weighted by Gasteiger charge is -2.15. The van der Waals surface area contributed by atoms with Gasteiger partial charge in [0.2, 0.25) is 0 Å². The summed E-state index contributed by atoms with van der Waals surface area (Å²) in [5.74, 6) is -0.291. The molecule has 1 amide bonds. The van der Waals surface area contributed by atoms with Gasteiger partial charge in [0.25, 0.3) is 11.5 Å². The number of hydrogen-bond acceptors (Lipinski definition) is 2. The second kappa shape index (κ2) is 5.48. The van der Waals surface area contributed by atoms with Crippen LogP contribution in [0.2, 0.25) is 0 Å². The number of carbonyl (C=O) groups excluding carboxylic acids is 1. The SMILES string of the molecule is CN(C)C(=O)c1cc2ccccc2n(-c2ccccc2)c1=O. The molecule has 1 aromatic heterocycles. The summed E-state index contributed by atoms with van der Waals surface area (Å²) in [5, 5.41) is 0.858. The van der Waals surface area contributed by atoms with Crippen molar-refractivity contribution in [1.82, 2.24) is 9.47 Å². The van der Waals surface area contributed by atoms with Gasteiger partial charge in [0, 0.05) is 19.8 Å². The van der Waals surface area contributed by atoms with Crippen molar-refractivity contribution in [3.8, 4) is 5.69 Å². The molecule has 4 nitrogen and oxygen atoms in total. The molecule has 0 fully saturated rings. The lowest BCUT2D eigenvalue weighted by atomic mass is 10.1. The zero-order valence-electron chi connectivity index (χ0n) is 12.5. The second-order valence-electron chi connectivity index (χ2n) is 5.29. The van der Waals surface area contributed by atoms with Crippen LogP contribution >= 0.6 is 0 Å². The largest absolute Gasteiger partial charge is 0.345 e. The van der Waals surface area contributed by atoms with Gasteiger partial charge in [-0.05, 0) is 29.7 Å². The standard InChI is InChI=1S/C18H16N2O2/c1-19(2)17(21)15-12-13-8-6-7-11-16(13)20(18(15)22)14-9-4-3-5-10-14/h3-12H,1-2H3. The topological polar surface area (TPSA) is 42.3 Å². The van der Waals surface area contributed by atoms with E-state index < -0.39 is 0 Å². The smallest absolute Gasteiger partial charge is 0.268 e. The molecule has 2 aromatic carbocycles. The number of pyridine rings is 1. The van der Waals surface area contributed by atoms with Gasteiger partial charge >= 0.3 is 0 Å². The molecule has 1 heterocycles. The van der Waals surface area contributed by atoms with Crippen LogP contribution in [0, 0.1) is 0 Å². The van der Waals surface area contributed by atoms with Crippen LogP contribution in [0.1, 0.15) is 10.4 Å². The summed E-state index contributed by atoms with van der Waals surface area (Å²) in [4.78, 5) is 26.6. The van der Waals surface area contributed by atoms with Crippen LogP contribution in [0.15, 0.2) is 65.5 Å². The molecule has 0 saturated carbocycles. The number of rotatable bonds is 2. The molecular formula is C18H16N2O2. The first-order valence-corrected chi connectivity index (χ1v) is 7.01. The van der Waals surface area contributed by atoms with Crippen molar-refractivity contribution in [2.24, 2.45) is 0 Å². The Morgan fingerprint density at radius 2 is 1.59 bits per heavy atom. The highest BCUT2D eigenvalue weighted by Gasteiger charge is 2.17. The minimum Gasteiger partial charge on any atom is -0.345 e. The fraction of sp³-hybridized carbons (Fsp3) is 0.111. The van der Waals surface area contributed by atoms with E-state index in [2.05, 4.69) is 0 Å². The molecular weight excluding hydrogens is 276 g/mol. The van der Waals surface area contributed by atoms with Gasteiger partial charge in [0.1, 0.15) is 5.56 Å². The van der Waals surface area contributed by atoms with Crippen molar-refractivity contribution >= 4 is 16.8 Å². The predicted octanol–water partition coefficient (Wildman–Crippen LogP) is 2.69. The Hall–Kier alpha value is -2.88. The third-order valence-corrected chi connectivity index (χ3v) is 3.56. The molecule has 0 N–H and O–H groups in total. The summed E-state index contributed by atoms with van der Waals surface area (Å²) >= 11 is 0. The minimum absolute atomic E-state index is 0.174. The first-order chi connectivity index (χ1) is 10.6. The van der Waals surface area contributed by atoms with E-state index in [-0.39, 0.29) is 17.0 Å². The summed E-state index contributed by atoms with van der Waals surface area (Å²) in [7, 11) is 3.29. The fourth-order valence-electron chi connectivity index (χ4n) is 2.49. The van der Waals surface area contributed by atoms with Crippen molar-refractivity contribution in [1.29, 1.82) is 0 Å². The van der Waals surface area contributed by atoms with Crippen LogP contribution in [0.5, 0.6) is 0 Å². The molecule has 0 spiro atoms. The maximum atomic E-state index is 12.8. The molecule has 0 radical (unpaired) electrons. The number of fused-ring (bicyclic) bond motifs is 1. The van der Waals surface area contributed by atoms with Crippen molar-refractivity contribution in [2.45, 2.75) is 0 Å². The normalized spacial score (nSPS) is 10.6. The second-order valence-corrected chi connectivity index (χ2v) is 5.29. The van der Waals surface area contributed by atoms with Crippen LogP contribution in [0.25, 0.3) is 16.6 Å². The summed E-state index contributed by atoms with van der Waals surface area (Å²) in [5.41, 5.74) is 1.40. The van der Waals surface area contributed by atoms with Gasteiger partial charge in [-0.1, -0.05) is 36.4 Å². The van der Waals surface area contributed by atoms with Crippen LogP contribution < -0.4 is 5.56 Å². The molecule has 110 valence electrons. The van der Waals surface area contributed by atoms with E-state index in [0.717, 1.165) is 16.6 Å². The first kappa shape index (κ1) is 14.1. The Labute approximate surface area is 128 Å². The van der Waals surface area contributed by atoms with Crippen LogP contribution in [-0.4, -0.2) is 29.5 Å². The zero-order chi connectivity index (χ0) is 15.7. The molecule has 0 aliphatic carbocycles. The van der Waals surface area contributed by atoms with Crippen LogP contribution in [0.3, 0.4) is 0 Å². The quantitative estimate of drug-likeness (QED) is 0.729. The number of benzene rings is 2. The first-order valence-electron chi connectivity index (χ1n) is 7.01. The molecule has 0 aliphatic rings. The lowest BCUT2D eigenvalue weighted by molar-refractivity contribution is 0.0826. The Kier molecular flexibility index (Phi) is 3.51. The van der Waals surface area contributed by atoms with Crippen LogP contribution in [-0.2, 0) is 0 Å². The Balaban J connectivity index is 2.41. The summed E-state index contributed by atoms with van der Waals surface area (Å²) < 4.78 is 1.59. The number of para-hydroxylation sites is 2. The van der Waals surface area contributed by atoms with Gasteiger partial charge in [-0.15, -0.1) is 0 Å². The fourth-order valence-corrected chi connectivity index (χ4v) is 2.49. The molecule has 3 aromatic rings. The predicted molar refractivity (Wildman–Crippen MR) is 87.6 cm³/mol. The Morgan fingerprint density at radius 3 is 2.27 bits per heavy atom. The van der Waals surface area contributed by atoms with Crippen molar-refractivity contribution in [2.75, 3.05) is 14.1 Å². The van der Waals surface area contributed by atoms with Gasteiger partial charge < -0.3 is 4.90 Å². The number of hydrogen-bond donors (Lipinski definition) is 0. The van der Waals surface area contributed by atoms with E-state index in [1.165, 1.54) is 4.90 Å². The van der Waals surface area contributed by atoms with E-state index >= 15 is 0 Å². The van der Waals surface area contributed by atoms with Gasteiger partial charge in [0.05, 0.1) is 5.52 Å². The zero-order valence-corrected chi connectivity index (χ0v) is 12.5. The van der Waals surface area contributed by atoms with E-state index in [1.54, 1.807) is 24.7 Å². The summed E-state index contributed by atoms with van der Waals surface area (Å²) in [6.07, 6.45) is 0. The van der Waals surface area contributed by atoms with Crippen LogP contribution in [0.4, 0.5) is 0 Å². The molecule has 3 rings (SSSR count). The summed E-state index contributed by atoms with van der Waals surface area (Å²) in [6, 6.07) is 18.6. The van der Waals surface area contributed by atoms with E-state index in [4.69, 9.17) is 0 Å². The highest BCUT2D eigenvalue weighted by Crippen LogP contribution is 2.18. The monoisotopic (exact) mass is 292 g/mol. The summed E-state index contributed by atoms with van der Waals surface area (Å²) in [6.45, 7) is 0. The molecule has 0 aliphatic heterocycles. The average molecular weight is 292 g/mol. The van der Waals surface area contributed by atoms with Crippen molar-refractivity contribution in [3.63, 3.8) is 0 Å². The highest BCUT2D eigenvalue weighted by molar-refractivity contribution is 5.97. The number of nitrogens with zero attached hydrogens (tertiary/aromatic N) is 2. The van der Waals surface area contributed by atoms with Gasteiger partial charge in [-0.3, -0.25) is 14.2 Å². The molecule has 4 heteroatoms. The molecule has 0 atom stereocenters. The maximum absolute atomic E-state index is 12.8. The maximum Gasteiger partial charge on any atom is 0.268 e. The van der Waals surface area contributed by atoms with E-state index in [1.807, 2.05) is 54.6 Å². The van der Waals surface area contributed by atoms with E-state index in [0.29, 0.717) is 0 Å².